The van der Waals surface area contributed by atoms with Crippen molar-refractivity contribution in [3.05, 3.63) is 72.4 Å². The molecule has 0 fully saturated rings. The molecule has 1 aromatic heterocycles. The first kappa shape index (κ1) is 16.1. The van der Waals surface area contributed by atoms with Crippen LogP contribution in [0.2, 0.25) is 0 Å². The van der Waals surface area contributed by atoms with Crippen molar-refractivity contribution in [3.63, 3.8) is 0 Å². The molecule has 0 spiro atoms. The molecule has 4 rings (SSSR count). The molecule has 26 heavy (non-hydrogen) atoms. The molecule has 3 aromatic carbocycles. The van der Waals surface area contributed by atoms with Gasteiger partial charge in [0, 0.05) is 22.5 Å². The van der Waals surface area contributed by atoms with Crippen molar-refractivity contribution in [2.45, 2.75) is 0 Å². The van der Waals surface area contributed by atoms with E-state index in [-0.39, 0.29) is 0 Å². The van der Waals surface area contributed by atoms with Crippen molar-refractivity contribution in [1.82, 2.24) is 4.98 Å². The molecular weight excluding hydrogens is 324 g/mol. The summed E-state index contributed by atoms with van der Waals surface area (Å²) in [6.45, 7) is 4.26. The second-order valence-electron chi connectivity index (χ2n) is 6.20. The van der Waals surface area contributed by atoms with Crippen molar-refractivity contribution >= 4 is 32.9 Å². The number of hydrogen-bond donors (Lipinski definition) is 2. The third-order valence-electron chi connectivity index (χ3n) is 4.73. The maximum absolute atomic E-state index is 5.92. The first-order chi connectivity index (χ1) is 12.6. The number of rotatable bonds is 4. The topological polar surface area (TPSA) is 60.3 Å². The van der Waals surface area contributed by atoms with E-state index in [1.165, 1.54) is 0 Å². The highest BCUT2D eigenvalue weighted by atomic mass is 16.5. The van der Waals surface area contributed by atoms with Crippen LogP contribution in [-0.4, -0.2) is 19.2 Å². The van der Waals surface area contributed by atoms with E-state index in [1.54, 1.807) is 14.2 Å². The number of nitrogen functional groups attached to an aromatic ring is 1. The Balaban J connectivity index is 1.87. The van der Waals surface area contributed by atoms with Gasteiger partial charge in [-0.3, -0.25) is 0 Å². The fourth-order valence-corrected chi connectivity index (χ4v) is 3.33. The van der Waals surface area contributed by atoms with Crippen LogP contribution in [0.4, 0.5) is 5.69 Å². The monoisotopic (exact) mass is 344 g/mol. The summed E-state index contributed by atoms with van der Waals surface area (Å²) in [5.41, 5.74) is 10.3. The molecule has 1 heterocycles. The van der Waals surface area contributed by atoms with E-state index in [1.807, 2.05) is 36.4 Å². The molecule has 4 aromatic rings. The summed E-state index contributed by atoms with van der Waals surface area (Å²) in [6, 6.07) is 18.1. The lowest BCUT2D eigenvalue weighted by Gasteiger charge is -2.08. The minimum absolute atomic E-state index is 0.608. The second-order valence-corrected chi connectivity index (χ2v) is 6.20. The zero-order valence-corrected chi connectivity index (χ0v) is 14.8. The van der Waals surface area contributed by atoms with E-state index in [4.69, 9.17) is 15.2 Å². The van der Waals surface area contributed by atoms with Gasteiger partial charge in [0.1, 0.15) is 11.5 Å². The third kappa shape index (κ3) is 2.47. The highest BCUT2D eigenvalue weighted by Gasteiger charge is 2.13. The van der Waals surface area contributed by atoms with Gasteiger partial charge in [-0.1, -0.05) is 36.9 Å². The molecule has 4 heteroatoms. The number of hydrogen-bond acceptors (Lipinski definition) is 3. The number of nitrogens with one attached hydrogen (secondary N) is 1. The summed E-state index contributed by atoms with van der Waals surface area (Å²) in [6.07, 6.45) is 0. The summed E-state index contributed by atoms with van der Waals surface area (Å²) in [4.78, 5) is 3.46. The van der Waals surface area contributed by atoms with Gasteiger partial charge in [-0.2, -0.15) is 0 Å². The molecular formula is C22H20N2O2. The van der Waals surface area contributed by atoms with Crippen molar-refractivity contribution in [3.8, 4) is 11.5 Å². The summed E-state index contributed by atoms with van der Waals surface area (Å²) in [5.74, 6) is 1.49. The number of aromatic amines is 1. The Kier molecular flexibility index (Phi) is 3.81. The zero-order chi connectivity index (χ0) is 18.3. The van der Waals surface area contributed by atoms with Gasteiger partial charge in [0.2, 0.25) is 0 Å². The Morgan fingerprint density at radius 3 is 2.35 bits per heavy atom. The standard InChI is InChI=1S/C22H20N2O2/c1-13(14-8-9-18(23)22(10-14)26-3)19-11-17-15-6-4-5-7-16(15)21(25-2)12-20(17)24-19/h4-12,24H,1,23H2,2-3H3. The van der Waals surface area contributed by atoms with Crippen LogP contribution < -0.4 is 15.2 Å². The molecule has 0 saturated heterocycles. The number of anilines is 1. The Bertz CT molecular complexity index is 1140. The highest BCUT2D eigenvalue weighted by molar-refractivity contribution is 6.10. The van der Waals surface area contributed by atoms with Crippen LogP contribution in [0.5, 0.6) is 11.5 Å². The van der Waals surface area contributed by atoms with Crippen LogP contribution >= 0.6 is 0 Å². The van der Waals surface area contributed by atoms with E-state index in [0.29, 0.717) is 11.4 Å². The lowest BCUT2D eigenvalue weighted by molar-refractivity contribution is 0.417. The van der Waals surface area contributed by atoms with Gasteiger partial charge in [0.15, 0.2) is 0 Å². The number of H-pyrrole nitrogens is 1. The predicted molar refractivity (Wildman–Crippen MR) is 108 cm³/mol. The smallest absolute Gasteiger partial charge is 0.142 e. The number of ether oxygens (including phenoxy) is 2. The molecule has 0 saturated carbocycles. The molecule has 0 aliphatic heterocycles. The maximum atomic E-state index is 5.92. The maximum Gasteiger partial charge on any atom is 0.142 e. The highest BCUT2D eigenvalue weighted by Crippen LogP contribution is 2.36. The van der Waals surface area contributed by atoms with Crippen molar-refractivity contribution in [2.75, 3.05) is 20.0 Å². The Morgan fingerprint density at radius 2 is 1.62 bits per heavy atom. The number of benzene rings is 3. The first-order valence-electron chi connectivity index (χ1n) is 8.34. The average Bonchev–Trinajstić information content (AvgIpc) is 3.11. The lowest BCUT2D eigenvalue weighted by Crippen LogP contribution is -1.94. The fourth-order valence-electron chi connectivity index (χ4n) is 3.33. The molecule has 130 valence electrons. The first-order valence-corrected chi connectivity index (χ1v) is 8.34. The summed E-state index contributed by atoms with van der Waals surface area (Å²) in [5, 5.41) is 3.37. The van der Waals surface area contributed by atoms with Crippen LogP contribution in [0.1, 0.15) is 11.3 Å². The Hall–Kier alpha value is -3.40. The van der Waals surface area contributed by atoms with Crippen LogP contribution in [0.3, 0.4) is 0 Å². The van der Waals surface area contributed by atoms with Gasteiger partial charge in [-0.05, 0) is 34.7 Å². The van der Waals surface area contributed by atoms with Crippen LogP contribution in [0, 0.1) is 0 Å². The molecule has 4 nitrogen and oxygen atoms in total. The van der Waals surface area contributed by atoms with E-state index < -0.39 is 0 Å². The summed E-state index contributed by atoms with van der Waals surface area (Å²) in [7, 11) is 3.30. The largest absolute Gasteiger partial charge is 0.496 e. The quantitative estimate of drug-likeness (QED) is 0.513. The van der Waals surface area contributed by atoms with Crippen molar-refractivity contribution in [2.24, 2.45) is 0 Å². The molecule has 3 N–H and O–H groups in total. The molecule has 0 bridgehead atoms. The predicted octanol–water partition coefficient (Wildman–Crippen LogP) is 4.98. The van der Waals surface area contributed by atoms with Crippen molar-refractivity contribution in [1.29, 1.82) is 0 Å². The minimum atomic E-state index is 0.608. The Morgan fingerprint density at radius 1 is 0.885 bits per heavy atom. The SMILES string of the molecule is C=C(c1ccc(N)c(OC)c1)c1cc2c(cc(OC)c3ccccc32)[nH]1. The minimum Gasteiger partial charge on any atom is -0.496 e. The lowest BCUT2D eigenvalue weighted by atomic mass is 10.0. The summed E-state index contributed by atoms with van der Waals surface area (Å²) < 4.78 is 10.9. The van der Waals surface area contributed by atoms with Gasteiger partial charge in [-0.25, -0.2) is 0 Å². The second kappa shape index (κ2) is 6.15. The van der Waals surface area contributed by atoms with Crippen LogP contribution in [-0.2, 0) is 0 Å². The van der Waals surface area contributed by atoms with Crippen molar-refractivity contribution < 1.29 is 9.47 Å². The van der Waals surface area contributed by atoms with Gasteiger partial charge in [0.25, 0.3) is 0 Å². The molecule has 0 radical (unpaired) electrons. The van der Waals surface area contributed by atoms with Crippen LogP contribution in [0.25, 0.3) is 27.2 Å². The Labute approximate surface area is 151 Å². The number of methoxy groups -OCH3 is 2. The van der Waals surface area contributed by atoms with Crippen LogP contribution in [0.15, 0.2) is 61.2 Å². The number of aromatic nitrogens is 1. The summed E-state index contributed by atoms with van der Waals surface area (Å²) >= 11 is 0. The number of fused-ring (bicyclic) bond motifs is 3. The molecule has 0 aliphatic rings. The van der Waals surface area contributed by atoms with E-state index in [2.05, 4.69) is 29.8 Å². The molecule has 0 unspecified atom stereocenters. The molecule has 0 amide bonds. The van der Waals surface area contributed by atoms with E-state index in [0.717, 1.165) is 44.3 Å². The average molecular weight is 344 g/mol. The van der Waals surface area contributed by atoms with Gasteiger partial charge in [0.05, 0.1) is 25.4 Å². The zero-order valence-electron chi connectivity index (χ0n) is 14.8. The molecule has 0 atom stereocenters. The van der Waals surface area contributed by atoms with E-state index in [9.17, 15) is 0 Å². The van der Waals surface area contributed by atoms with Gasteiger partial charge in [-0.15, -0.1) is 0 Å². The van der Waals surface area contributed by atoms with E-state index >= 15 is 0 Å². The molecule has 0 aliphatic carbocycles. The normalized spacial score (nSPS) is 11.0. The fraction of sp³-hybridized carbons (Fsp3) is 0.0909. The van der Waals surface area contributed by atoms with Gasteiger partial charge < -0.3 is 20.2 Å². The van der Waals surface area contributed by atoms with Gasteiger partial charge >= 0.3 is 0 Å². The third-order valence-corrected chi connectivity index (χ3v) is 4.73. The number of nitrogens with two attached hydrogens (primary N) is 1.